The van der Waals surface area contributed by atoms with E-state index in [1.165, 1.54) is 38.5 Å². The highest BCUT2D eigenvalue weighted by Gasteiger charge is 2.68. The molecule has 0 spiro atoms. The molecule has 1 saturated heterocycles. The first-order valence-corrected chi connectivity index (χ1v) is 13.9. The molecule has 2 N–H and O–H groups in total. The number of aliphatic hydroxyl groups excluding tert-OH is 1. The van der Waals surface area contributed by atoms with Crippen LogP contribution in [0.25, 0.3) is 0 Å². The number of fused-ring (bicyclic) bond motifs is 5. The molecule has 0 radical (unpaired) electrons. The van der Waals surface area contributed by atoms with Crippen LogP contribution in [0.15, 0.2) is 11.6 Å². The molecule has 0 aromatic heterocycles. The highest BCUT2D eigenvalue weighted by molar-refractivity contribution is 5.34. The summed E-state index contributed by atoms with van der Waals surface area (Å²) in [5, 5.41) is 21.5. The summed E-state index contributed by atoms with van der Waals surface area (Å²) < 4.78 is 6.69. The fourth-order valence-electron chi connectivity index (χ4n) is 10.3. The zero-order valence-electron chi connectivity index (χ0n) is 22.6. The van der Waals surface area contributed by atoms with E-state index in [9.17, 15) is 10.2 Å². The van der Waals surface area contributed by atoms with Gasteiger partial charge in [-0.1, -0.05) is 46.3 Å². The topological polar surface area (TPSA) is 49.7 Å². The number of aliphatic hydroxyl groups is 2. The van der Waals surface area contributed by atoms with Crippen molar-refractivity contribution in [2.75, 3.05) is 0 Å². The maximum absolute atomic E-state index is 10.9. The quantitative estimate of drug-likeness (QED) is 0.455. The van der Waals surface area contributed by atoms with Crippen molar-refractivity contribution in [3.05, 3.63) is 11.6 Å². The van der Waals surface area contributed by atoms with Crippen LogP contribution in [0.4, 0.5) is 0 Å². The first-order chi connectivity index (χ1) is 15.1. The van der Waals surface area contributed by atoms with Gasteiger partial charge in [0.05, 0.1) is 23.4 Å². The van der Waals surface area contributed by atoms with E-state index in [-0.39, 0.29) is 28.6 Å². The summed E-state index contributed by atoms with van der Waals surface area (Å²) >= 11 is 0. The van der Waals surface area contributed by atoms with E-state index < -0.39 is 5.60 Å². The predicted octanol–water partition coefficient (Wildman–Crippen LogP) is 6.66. The number of allylic oxidation sites excluding steroid dienone is 1. The summed E-state index contributed by atoms with van der Waals surface area (Å²) in [4.78, 5) is 0. The van der Waals surface area contributed by atoms with Crippen LogP contribution in [-0.4, -0.2) is 33.6 Å². The van der Waals surface area contributed by atoms with Crippen molar-refractivity contribution >= 4 is 0 Å². The first kappa shape index (κ1) is 24.3. The van der Waals surface area contributed by atoms with Gasteiger partial charge in [-0.05, 0) is 112 Å². The SMILES string of the molecule is CC(C)(O)[C@H]1CC[C@@](C)([C@H]2CC[C@]3(C)C2=CC[C@@H]2[C@@]4(C)CC[C@H](O)C(C)(C)[C@@H]4CC[C@]23C)O1. The van der Waals surface area contributed by atoms with Crippen molar-refractivity contribution < 1.29 is 14.9 Å². The van der Waals surface area contributed by atoms with Gasteiger partial charge in [-0.3, -0.25) is 0 Å². The van der Waals surface area contributed by atoms with Crippen molar-refractivity contribution in [3.63, 3.8) is 0 Å². The summed E-state index contributed by atoms with van der Waals surface area (Å²) in [5.74, 6) is 1.76. The van der Waals surface area contributed by atoms with Gasteiger partial charge in [0.2, 0.25) is 0 Å². The monoisotopic (exact) mass is 458 g/mol. The second-order valence-corrected chi connectivity index (χ2v) is 14.9. The Morgan fingerprint density at radius 2 is 1.58 bits per heavy atom. The number of hydrogen-bond acceptors (Lipinski definition) is 3. The minimum Gasteiger partial charge on any atom is -0.393 e. The molecule has 188 valence electrons. The summed E-state index contributed by atoms with van der Waals surface area (Å²) in [5.41, 5.74) is 1.59. The maximum atomic E-state index is 10.9. The van der Waals surface area contributed by atoms with Gasteiger partial charge in [0.25, 0.3) is 0 Å². The largest absolute Gasteiger partial charge is 0.393 e. The summed E-state index contributed by atoms with van der Waals surface area (Å²) in [6.45, 7) is 18.6. The third-order valence-electron chi connectivity index (χ3n) is 12.6. The Balaban J connectivity index is 1.49. The summed E-state index contributed by atoms with van der Waals surface area (Å²) in [7, 11) is 0. The van der Waals surface area contributed by atoms with Crippen LogP contribution in [0.3, 0.4) is 0 Å². The fourth-order valence-corrected chi connectivity index (χ4v) is 10.3. The Bertz CT molecular complexity index is 838. The molecule has 1 aliphatic heterocycles. The van der Waals surface area contributed by atoms with Crippen LogP contribution >= 0.6 is 0 Å². The molecule has 0 aromatic carbocycles. The van der Waals surface area contributed by atoms with E-state index in [2.05, 4.69) is 47.6 Å². The van der Waals surface area contributed by atoms with Crippen LogP contribution in [-0.2, 0) is 4.74 Å². The van der Waals surface area contributed by atoms with Gasteiger partial charge in [0.1, 0.15) is 0 Å². The van der Waals surface area contributed by atoms with Crippen molar-refractivity contribution in [1.29, 1.82) is 0 Å². The zero-order valence-corrected chi connectivity index (χ0v) is 22.6. The maximum Gasteiger partial charge on any atom is 0.0865 e. The highest BCUT2D eigenvalue weighted by Crippen LogP contribution is 2.74. The van der Waals surface area contributed by atoms with Crippen LogP contribution in [0.1, 0.15) is 113 Å². The molecule has 4 aliphatic carbocycles. The van der Waals surface area contributed by atoms with Crippen molar-refractivity contribution in [2.45, 2.75) is 137 Å². The molecule has 0 amide bonds. The molecule has 3 heteroatoms. The fraction of sp³-hybridized carbons (Fsp3) is 0.933. The van der Waals surface area contributed by atoms with E-state index in [4.69, 9.17) is 4.74 Å². The Hall–Kier alpha value is -0.380. The molecular formula is C30H50O3. The molecule has 0 unspecified atom stereocenters. The van der Waals surface area contributed by atoms with Gasteiger partial charge in [-0.15, -0.1) is 0 Å². The lowest BCUT2D eigenvalue weighted by atomic mass is 9.37. The molecule has 1 heterocycles. The second-order valence-electron chi connectivity index (χ2n) is 14.9. The van der Waals surface area contributed by atoms with Crippen LogP contribution in [0, 0.1) is 39.4 Å². The lowest BCUT2D eigenvalue weighted by Gasteiger charge is -2.68. The lowest BCUT2D eigenvalue weighted by molar-refractivity contribution is -0.193. The van der Waals surface area contributed by atoms with Crippen LogP contribution in [0.2, 0.25) is 0 Å². The number of hydrogen-bond donors (Lipinski definition) is 2. The molecule has 0 aromatic rings. The zero-order chi connectivity index (χ0) is 24.2. The van der Waals surface area contributed by atoms with E-state index in [0.29, 0.717) is 28.6 Å². The molecule has 5 rings (SSSR count). The molecule has 3 saturated carbocycles. The van der Waals surface area contributed by atoms with Gasteiger partial charge in [-0.25, -0.2) is 0 Å². The normalized spacial score (nSPS) is 53.8. The van der Waals surface area contributed by atoms with Gasteiger partial charge >= 0.3 is 0 Å². The van der Waals surface area contributed by atoms with Crippen molar-refractivity contribution in [1.82, 2.24) is 0 Å². The molecule has 33 heavy (non-hydrogen) atoms. The average Bonchev–Trinajstić information content (AvgIpc) is 3.27. The van der Waals surface area contributed by atoms with E-state index in [1.54, 1.807) is 5.57 Å². The van der Waals surface area contributed by atoms with E-state index >= 15 is 0 Å². The minimum absolute atomic E-state index is 0.00864. The molecule has 5 aliphatic rings. The Morgan fingerprint density at radius 1 is 0.879 bits per heavy atom. The molecule has 3 nitrogen and oxygen atoms in total. The van der Waals surface area contributed by atoms with Gasteiger partial charge < -0.3 is 14.9 Å². The average molecular weight is 459 g/mol. The summed E-state index contributed by atoms with van der Waals surface area (Å²) in [6.07, 6.45) is 12.7. The molecular weight excluding hydrogens is 408 g/mol. The van der Waals surface area contributed by atoms with Gasteiger partial charge in [0, 0.05) is 5.92 Å². The number of rotatable bonds is 2. The first-order valence-electron chi connectivity index (χ1n) is 13.9. The van der Waals surface area contributed by atoms with Gasteiger partial charge in [-0.2, -0.15) is 0 Å². The standard InChI is InChI=1S/C30H50O3/c1-25(2)21-12-17-29(7)22(27(21,5)15-13-23(25)31)10-9-19-20(11-16-28(19,29)6)30(8)18-14-24(33-30)26(3,4)32/h9,20-24,31-32H,10-18H2,1-8H3/t20-,21-,22+,23-,24+,27-,28+,29+,30-/m0/s1. The molecule has 0 bridgehead atoms. The van der Waals surface area contributed by atoms with Gasteiger partial charge in [0.15, 0.2) is 0 Å². The van der Waals surface area contributed by atoms with Crippen LogP contribution < -0.4 is 0 Å². The van der Waals surface area contributed by atoms with E-state index in [1.807, 2.05) is 13.8 Å². The molecule has 4 fully saturated rings. The Morgan fingerprint density at radius 3 is 2.21 bits per heavy atom. The van der Waals surface area contributed by atoms with E-state index in [0.717, 1.165) is 19.3 Å². The highest BCUT2D eigenvalue weighted by atomic mass is 16.5. The van der Waals surface area contributed by atoms with Crippen LogP contribution in [0.5, 0.6) is 0 Å². The smallest absolute Gasteiger partial charge is 0.0865 e. The summed E-state index contributed by atoms with van der Waals surface area (Å²) in [6, 6.07) is 0. The molecule has 9 atom stereocenters. The third kappa shape index (κ3) is 3.10. The number of ether oxygens (including phenoxy) is 1. The second kappa shape index (κ2) is 7.10. The van der Waals surface area contributed by atoms with Crippen molar-refractivity contribution in [3.8, 4) is 0 Å². The third-order valence-corrected chi connectivity index (χ3v) is 12.6. The lowest BCUT2D eigenvalue weighted by Crippen LogP contribution is -2.62. The minimum atomic E-state index is -0.775. The Labute approximate surface area is 202 Å². The predicted molar refractivity (Wildman–Crippen MR) is 134 cm³/mol. The Kier molecular flexibility index (Phi) is 5.23. The van der Waals surface area contributed by atoms with Crippen molar-refractivity contribution in [2.24, 2.45) is 39.4 Å².